The number of hydrogen-bond donors (Lipinski definition) is 0. The molecule has 0 aliphatic rings. The normalized spacial score (nSPS) is 13.5. The highest BCUT2D eigenvalue weighted by atomic mass is 28.3. The minimum absolute atomic E-state index is 0.0220. The van der Waals surface area contributed by atoms with Crippen LogP contribution in [0.25, 0.3) is 0 Å². The van der Waals surface area contributed by atoms with Gasteiger partial charge in [-0.15, -0.1) is 0 Å². The average Bonchev–Trinajstić information content (AvgIpc) is 2.72. The van der Waals surface area contributed by atoms with Gasteiger partial charge in [-0.25, -0.2) is 22.0 Å². The Morgan fingerprint density at radius 3 is 1.91 bits per heavy atom. The lowest BCUT2D eigenvalue weighted by Gasteiger charge is -2.33. The Hall–Kier alpha value is -1.97. The van der Waals surface area contributed by atoms with Crippen LogP contribution in [-0.4, -0.2) is 21.2 Å². The van der Waals surface area contributed by atoms with E-state index in [9.17, 15) is 22.0 Å². The van der Waals surface area contributed by atoms with E-state index in [0.29, 0.717) is 5.75 Å². The molecule has 1 atom stereocenters. The molecule has 0 spiro atoms. The van der Waals surface area contributed by atoms with Gasteiger partial charge >= 0.3 is 0 Å². The Morgan fingerprint density at radius 2 is 1.39 bits per heavy atom. The number of benzene rings is 2. The lowest BCUT2D eigenvalue weighted by Crippen LogP contribution is -2.32. The van der Waals surface area contributed by atoms with Gasteiger partial charge in [0, 0.05) is 0 Å². The maximum absolute atomic E-state index is 13.9. The zero-order valence-electron chi connectivity index (χ0n) is 20.0. The summed E-state index contributed by atoms with van der Waals surface area (Å²) in [6.45, 7) is 12.8. The first-order valence-electron chi connectivity index (χ1n) is 10.7. The fourth-order valence-electron chi connectivity index (χ4n) is 3.17. The highest BCUT2D eigenvalue weighted by molar-refractivity contribution is 6.48. The molecule has 0 saturated carbocycles. The first-order chi connectivity index (χ1) is 15.1. The van der Waals surface area contributed by atoms with E-state index in [2.05, 4.69) is 33.9 Å². The van der Waals surface area contributed by atoms with Crippen molar-refractivity contribution in [2.45, 2.75) is 66.0 Å². The molecule has 0 aromatic heterocycles. The van der Waals surface area contributed by atoms with Crippen molar-refractivity contribution in [2.75, 3.05) is 6.61 Å². The molecule has 2 rings (SSSR count). The van der Waals surface area contributed by atoms with Crippen LogP contribution in [0.5, 0.6) is 5.75 Å². The largest absolute Gasteiger partial charge is 0.491 e. The summed E-state index contributed by atoms with van der Waals surface area (Å²) >= 11 is 0. The predicted octanol–water partition coefficient (Wildman–Crippen LogP) is 6.84. The third kappa shape index (κ3) is 7.00. The summed E-state index contributed by atoms with van der Waals surface area (Å²) in [4.78, 5) is 0. The monoisotopic (exact) mass is 490 g/mol. The minimum atomic E-state index is -2.20. The van der Waals surface area contributed by atoms with Gasteiger partial charge in [-0.1, -0.05) is 32.9 Å². The van der Waals surface area contributed by atoms with Gasteiger partial charge in [-0.3, -0.25) is 0 Å². The molecule has 0 saturated heterocycles. The van der Waals surface area contributed by atoms with Gasteiger partial charge < -0.3 is 13.9 Å². The van der Waals surface area contributed by atoms with E-state index in [1.165, 1.54) is 0 Å². The van der Waals surface area contributed by atoms with Gasteiger partial charge in [-0.05, 0) is 50.1 Å². The standard InChI is InChI=1S/C24H31F5O3Si/c1-23(2,3)22(32-33(6)7)14-9-8-10-15(11-14)30-13-24(4,5)31-12-16-17(25)19(27)21(29)20(28)18(16)26/h8-11,22,33H,12-13H2,1-7H3. The van der Waals surface area contributed by atoms with Crippen LogP contribution in [0.1, 0.15) is 51.8 Å². The molecule has 184 valence electrons. The smallest absolute Gasteiger partial charge is 0.200 e. The highest BCUT2D eigenvalue weighted by Gasteiger charge is 2.30. The molecular formula is C24H31F5O3Si. The van der Waals surface area contributed by atoms with Crippen LogP contribution in [0.4, 0.5) is 22.0 Å². The summed E-state index contributed by atoms with van der Waals surface area (Å²) in [7, 11) is -1.31. The average molecular weight is 491 g/mol. The van der Waals surface area contributed by atoms with Crippen molar-refractivity contribution in [2.24, 2.45) is 5.41 Å². The van der Waals surface area contributed by atoms with Crippen molar-refractivity contribution in [3.8, 4) is 5.75 Å². The van der Waals surface area contributed by atoms with Gasteiger partial charge in [0.2, 0.25) is 5.82 Å². The third-order valence-corrected chi connectivity index (χ3v) is 5.67. The summed E-state index contributed by atoms with van der Waals surface area (Å²) in [5, 5.41) is 0. The Balaban J connectivity index is 2.12. The van der Waals surface area contributed by atoms with Crippen LogP contribution in [0.15, 0.2) is 24.3 Å². The fraction of sp³-hybridized carbons (Fsp3) is 0.500. The van der Waals surface area contributed by atoms with E-state index in [1.54, 1.807) is 19.9 Å². The van der Waals surface area contributed by atoms with Gasteiger partial charge in [0.25, 0.3) is 0 Å². The Labute approximate surface area is 193 Å². The lowest BCUT2D eigenvalue weighted by molar-refractivity contribution is -0.0591. The SMILES string of the molecule is C[SiH](C)OC(c1cccc(OCC(C)(C)OCc2c(F)c(F)c(F)c(F)c2F)c1)C(C)(C)C. The maximum atomic E-state index is 13.9. The molecule has 0 heterocycles. The van der Waals surface area contributed by atoms with Crippen LogP contribution >= 0.6 is 0 Å². The van der Waals surface area contributed by atoms with Crippen molar-refractivity contribution in [3.63, 3.8) is 0 Å². The molecule has 33 heavy (non-hydrogen) atoms. The predicted molar refractivity (Wildman–Crippen MR) is 119 cm³/mol. The Bertz CT molecular complexity index is 944. The summed E-state index contributed by atoms with van der Waals surface area (Å²) in [6.07, 6.45) is -0.119. The molecule has 0 amide bonds. The zero-order chi connectivity index (χ0) is 25.1. The second-order valence-corrected chi connectivity index (χ2v) is 12.3. The topological polar surface area (TPSA) is 27.7 Å². The first-order valence-corrected chi connectivity index (χ1v) is 13.4. The van der Waals surface area contributed by atoms with E-state index in [1.807, 2.05) is 18.2 Å². The highest BCUT2D eigenvalue weighted by Crippen LogP contribution is 2.38. The van der Waals surface area contributed by atoms with E-state index in [0.717, 1.165) is 5.56 Å². The molecule has 3 nitrogen and oxygen atoms in total. The molecule has 0 aliphatic heterocycles. The molecule has 0 aliphatic carbocycles. The molecule has 9 heteroatoms. The van der Waals surface area contributed by atoms with Crippen LogP contribution < -0.4 is 4.74 Å². The van der Waals surface area contributed by atoms with Crippen LogP contribution in [0, 0.1) is 34.5 Å². The number of rotatable bonds is 9. The van der Waals surface area contributed by atoms with Crippen molar-refractivity contribution in [3.05, 3.63) is 64.5 Å². The number of hydrogen-bond acceptors (Lipinski definition) is 3. The lowest BCUT2D eigenvalue weighted by atomic mass is 9.85. The van der Waals surface area contributed by atoms with Gasteiger partial charge in [0.1, 0.15) is 12.4 Å². The van der Waals surface area contributed by atoms with E-state index in [4.69, 9.17) is 13.9 Å². The van der Waals surface area contributed by atoms with Crippen molar-refractivity contribution in [1.29, 1.82) is 0 Å². The second-order valence-electron chi connectivity index (χ2n) is 9.89. The molecule has 1 unspecified atom stereocenters. The number of halogens is 5. The van der Waals surface area contributed by atoms with Crippen molar-refractivity contribution in [1.82, 2.24) is 0 Å². The third-order valence-electron chi connectivity index (χ3n) is 4.85. The molecule has 0 N–H and O–H groups in total. The van der Waals surface area contributed by atoms with E-state index in [-0.39, 0.29) is 18.1 Å². The summed E-state index contributed by atoms with van der Waals surface area (Å²) in [5.41, 5.74) is -1.28. The Kier molecular flexibility index (Phi) is 8.70. The summed E-state index contributed by atoms with van der Waals surface area (Å²) < 4.78 is 85.3. The quantitative estimate of drug-likeness (QED) is 0.167. The second kappa shape index (κ2) is 10.5. The molecule has 2 aromatic rings. The van der Waals surface area contributed by atoms with Crippen LogP contribution in [0.3, 0.4) is 0 Å². The maximum Gasteiger partial charge on any atom is 0.200 e. The fourth-order valence-corrected chi connectivity index (χ4v) is 4.28. The molecule has 0 fully saturated rings. The van der Waals surface area contributed by atoms with Crippen LogP contribution in [0.2, 0.25) is 13.1 Å². The number of ether oxygens (including phenoxy) is 2. The molecule has 0 radical (unpaired) electrons. The Morgan fingerprint density at radius 1 is 0.848 bits per heavy atom. The molecule has 0 bridgehead atoms. The van der Waals surface area contributed by atoms with Gasteiger partial charge in [-0.2, -0.15) is 0 Å². The van der Waals surface area contributed by atoms with Gasteiger partial charge in [0.05, 0.1) is 23.9 Å². The van der Waals surface area contributed by atoms with E-state index >= 15 is 0 Å². The minimum Gasteiger partial charge on any atom is -0.491 e. The van der Waals surface area contributed by atoms with Gasteiger partial charge in [0.15, 0.2) is 32.3 Å². The first kappa shape index (κ1) is 27.3. The van der Waals surface area contributed by atoms with Crippen LogP contribution in [-0.2, 0) is 15.8 Å². The van der Waals surface area contributed by atoms with E-state index < -0.39 is 55.9 Å². The zero-order valence-corrected chi connectivity index (χ0v) is 21.1. The van der Waals surface area contributed by atoms with Crippen molar-refractivity contribution >= 4 is 9.04 Å². The molecular weight excluding hydrogens is 459 g/mol. The van der Waals surface area contributed by atoms with Crippen molar-refractivity contribution < 1.29 is 35.9 Å². The summed E-state index contributed by atoms with van der Waals surface area (Å²) in [5.74, 6) is -9.47. The summed E-state index contributed by atoms with van der Waals surface area (Å²) in [6, 6.07) is 7.44. The molecule has 2 aromatic carbocycles.